The quantitative estimate of drug-likeness (QED) is 0.570. The number of carbonyl (C=O) groups is 1. The van der Waals surface area contributed by atoms with E-state index in [1.165, 1.54) is 0 Å². The average molecular weight is 299 g/mol. The Balaban J connectivity index is 1.99. The summed E-state index contributed by atoms with van der Waals surface area (Å²) in [5.41, 5.74) is 3.43. The van der Waals surface area contributed by atoms with Crippen LogP contribution in [0.2, 0.25) is 0 Å². The van der Waals surface area contributed by atoms with Crippen LogP contribution in [0.25, 0.3) is 10.2 Å². The Labute approximate surface area is 125 Å². The van der Waals surface area contributed by atoms with E-state index in [1.807, 2.05) is 17.5 Å². The van der Waals surface area contributed by atoms with E-state index in [0.29, 0.717) is 23.6 Å². The van der Waals surface area contributed by atoms with Crippen LogP contribution in [0.3, 0.4) is 0 Å². The standard InChI is InChI=1S/C16H13NO3S/c1-19-13-4-3-9-10(16(13)20-2)8-17-11-5-6-21-14(11)7-12(17)15(9)18/h3-7H,8H2,1-2H3. The minimum absolute atomic E-state index is 0.0422. The van der Waals surface area contributed by atoms with Gasteiger partial charge in [-0.15, -0.1) is 11.3 Å². The number of hydrogen-bond acceptors (Lipinski definition) is 4. The SMILES string of the molecule is COc1ccc2c(c1OC)Cn1c(cc3sccc31)C2=O. The fraction of sp³-hybridized carbons (Fsp3) is 0.188. The molecule has 0 atom stereocenters. The van der Waals surface area contributed by atoms with E-state index < -0.39 is 0 Å². The lowest BCUT2D eigenvalue weighted by Crippen LogP contribution is -2.20. The van der Waals surface area contributed by atoms with Crippen LogP contribution in [0.4, 0.5) is 0 Å². The van der Waals surface area contributed by atoms with Gasteiger partial charge in [-0.2, -0.15) is 0 Å². The van der Waals surface area contributed by atoms with Crippen LogP contribution < -0.4 is 9.47 Å². The molecule has 21 heavy (non-hydrogen) atoms. The van der Waals surface area contributed by atoms with Crippen LogP contribution in [0.15, 0.2) is 29.6 Å². The molecule has 1 aromatic carbocycles. The Morgan fingerprint density at radius 1 is 1.19 bits per heavy atom. The third kappa shape index (κ3) is 1.58. The fourth-order valence-electron chi connectivity index (χ4n) is 2.99. The van der Waals surface area contributed by atoms with E-state index in [4.69, 9.17) is 9.47 Å². The van der Waals surface area contributed by atoms with Crippen LogP contribution in [0.5, 0.6) is 11.5 Å². The molecule has 0 amide bonds. The van der Waals surface area contributed by atoms with Gasteiger partial charge in [0.25, 0.3) is 0 Å². The number of nitrogens with zero attached hydrogens (tertiary/aromatic N) is 1. The van der Waals surface area contributed by atoms with Crippen molar-refractivity contribution in [2.75, 3.05) is 14.2 Å². The van der Waals surface area contributed by atoms with Gasteiger partial charge >= 0.3 is 0 Å². The number of methoxy groups -OCH3 is 2. The zero-order chi connectivity index (χ0) is 14.6. The number of hydrogen-bond donors (Lipinski definition) is 0. The number of aromatic nitrogens is 1. The molecule has 5 heteroatoms. The van der Waals surface area contributed by atoms with Crippen molar-refractivity contribution >= 4 is 27.3 Å². The lowest BCUT2D eigenvalue weighted by atomic mass is 9.96. The molecule has 2 aromatic heterocycles. The van der Waals surface area contributed by atoms with Crippen LogP contribution in [0, 0.1) is 0 Å². The molecule has 4 nitrogen and oxygen atoms in total. The highest BCUT2D eigenvalue weighted by Crippen LogP contribution is 2.39. The van der Waals surface area contributed by atoms with Crippen molar-refractivity contribution < 1.29 is 14.3 Å². The number of fused-ring (bicyclic) bond motifs is 4. The minimum Gasteiger partial charge on any atom is -0.493 e. The molecule has 1 aliphatic rings. The largest absolute Gasteiger partial charge is 0.493 e. The van der Waals surface area contributed by atoms with Gasteiger partial charge in [0.2, 0.25) is 5.78 Å². The summed E-state index contributed by atoms with van der Waals surface area (Å²) in [5.74, 6) is 1.34. The molecular weight excluding hydrogens is 286 g/mol. The van der Waals surface area contributed by atoms with E-state index in [-0.39, 0.29) is 5.78 Å². The topological polar surface area (TPSA) is 40.5 Å². The van der Waals surface area contributed by atoms with E-state index in [1.54, 1.807) is 31.6 Å². The molecule has 0 unspecified atom stereocenters. The van der Waals surface area contributed by atoms with Crippen molar-refractivity contribution in [3.8, 4) is 11.5 Å². The summed E-state index contributed by atoms with van der Waals surface area (Å²) in [6.07, 6.45) is 0. The van der Waals surface area contributed by atoms with Gasteiger partial charge in [-0.25, -0.2) is 0 Å². The third-order valence-electron chi connectivity index (χ3n) is 3.96. The second-order valence-electron chi connectivity index (χ2n) is 4.94. The Hall–Kier alpha value is -2.27. The van der Waals surface area contributed by atoms with Crippen LogP contribution in [-0.2, 0) is 6.54 Å². The smallest absolute Gasteiger partial charge is 0.209 e. The lowest BCUT2D eigenvalue weighted by Gasteiger charge is -2.22. The molecule has 0 bridgehead atoms. The molecule has 0 saturated carbocycles. The summed E-state index contributed by atoms with van der Waals surface area (Å²) >= 11 is 1.65. The van der Waals surface area contributed by atoms with Crippen molar-refractivity contribution in [2.24, 2.45) is 0 Å². The first kappa shape index (κ1) is 12.5. The molecule has 0 saturated heterocycles. The molecule has 0 radical (unpaired) electrons. The first-order valence-corrected chi connectivity index (χ1v) is 7.48. The Kier molecular flexibility index (Phi) is 2.59. The lowest BCUT2D eigenvalue weighted by molar-refractivity contribution is 0.102. The van der Waals surface area contributed by atoms with Crippen LogP contribution in [0.1, 0.15) is 21.6 Å². The van der Waals surface area contributed by atoms with Crippen molar-refractivity contribution in [3.63, 3.8) is 0 Å². The molecule has 0 spiro atoms. The zero-order valence-electron chi connectivity index (χ0n) is 11.7. The maximum absolute atomic E-state index is 12.7. The van der Waals surface area contributed by atoms with Gasteiger partial charge in [0.15, 0.2) is 11.5 Å². The van der Waals surface area contributed by atoms with Gasteiger partial charge in [0.05, 0.1) is 36.7 Å². The van der Waals surface area contributed by atoms with Gasteiger partial charge in [-0.3, -0.25) is 4.79 Å². The molecule has 3 aromatic rings. The van der Waals surface area contributed by atoms with Crippen LogP contribution >= 0.6 is 11.3 Å². The highest BCUT2D eigenvalue weighted by Gasteiger charge is 2.29. The molecule has 4 rings (SSSR count). The maximum Gasteiger partial charge on any atom is 0.209 e. The molecule has 3 heterocycles. The molecule has 0 aliphatic carbocycles. The second-order valence-corrected chi connectivity index (χ2v) is 5.89. The maximum atomic E-state index is 12.7. The van der Waals surface area contributed by atoms with Gasteiger partial charge in [0, 0.05) is 11.1 Å². The summed E-state index contributed by atoms with van der Waals surface area (Å²) in [5, 5.41) is 2.04. The first-order chi connectivity index (χ1) is 10.2. The van der Waals surface area contributed by atoms with E-state index in [0.717, 1.165) is 21.5 Å². The third-order valence-corrected chi connectivity index (χ3v) is 4.82. The highest BCUT2D eigenvalue weighted by molar-refractivity contribution is 7.17. The summed E-state index contributed by atoms with van der Waals surface area (Å²) < 4.78 is 14.0. The summed E-state index contributed by atoms with van der Waals surface area (Å²) in [6.45, 7) is 0.622. The number of carbonyl (C=O) groups excluding carboxylic acids is 1. The number of ether oxygens (including phenoxy) is 2. The van der Waals surface area contributed by atoms with E-state index in [2.05, 4.69) is 10.6 Å². The van der Waals surface area contributed by atoms with E-state index >= 15 is 0 Å². The zero-order valence-corrected chi connectivity index (χ0v) is 12.5. The van der Waals surface area contributed by atoms with E-state index in [9.17, 15) is 4.79 Å². The van der Waals surface area contributed by atoms with Crippen LogP contribution in [-0.4, -0.2) is 24.6 Å². The summed E-state index contributed by atoms with van der Waals surface area (Å²) in [6, 6.07) is 7.64. The molecular formula is C16H13NO3S. The molecule has 1 aliphatic heterocycles. The number of benzene rings is 1. The Morgan fingerprint density at radius 2 is 2.05 bits per heavy atom. The van der Waals surface area contributed by atoms with Gasteiger partial charge in [0.1, 0.15) is 0 Å². The predicted octanol–water partition coefficient (Wildman–Crippen LogP) is 3.31. The van der Waals surface area contributed by atoms with Gasteiger partial charge < -0.3 is 14.0 Å². The van der Waals surface area contributed by atoms with Gasteiger partial charge in [-0.1, -0.05) is 0 Å². The highest BCUT2D eigenvalue weighted by atomic mass is 32.1. The Morgan fingerprint density at radius 3 is 2.81 bits per heavy atom. The van der Waals surface area contributed by atoms with Crippen molar-refractivity contribution in [3.05, 3.63) is 46.5 Å². The first-order valence-electron chi connectivity index (χ1n) is 6.60. The predicted molar refractivity (Wildman–Crippen MR) is 81.9 cm³/mol. The fourth-order valence-corrected chi connectivity index (χ4v) is 3.81. The summed E-state index contributed by atoms with van der Waals surface area (Å²) in [7, 11) is 3.21. The van der Waals surface area contributed by atoms with Crippen molar-refractivity contribution in [1.82, 2.24) is 4.57 Å². The summed E-state index contributed by atoms with van der Waals surface area (Å²) in [4.78, 5) is 12.7. The number of thiophene rings is 1. The van der Waals surface area contributed by atoms with Gasteiger partial charge in [-0.05, 0) is 29.6 Å². The second kappa shape index (κ2) is 4.36. The minimum atomic E-state index is 0.0422. The molecule has 106 valence electrons. The number of ketones is 1. The monoisotopic (exact) mass is 299 g/mol. The molecule has 0 N–H and O–H groups in total. The Bertz CT molecular complexity index is 875. The molecule has 0 fully saturated rings. The average Bonchev–Trinajstić information content (AvgIpc) is 3.08. The van der Waals surface area contributed by atoms with Crippen molar-refractivity contribution in [1.29, 1.82) is 0 Å². The van der Waals surface area contributed by atoms with Crippen molar-refractivity contribution in [2.45, 2.75) is 6.54 Å². The number of rotatable bonds is 2. The normalized spacial score (nSPS) is 13.1.